The van der Waals surface area contributed by atoms with E-state index in [1.54, 1.807) is 74.5 Å². The molecule has 29 N–H and O–H groups in total. The predicted octanol–water partition coefficient (Wildman–Crippen LogP) is -8.43. The Kier molecular flexibility index (Phi) is 44.7. The van der Waals surface area contributed by atoms with Crippen LogP contribution in [0.1, 0.15) is 133 Å². The molecule has 0 saturated carbocycles. The van der Waals surface area contributed by atoms with Gasteiger partial charge < -0.3 is 138 Å². The molecule has 1 aromatic heterocycles. The lowest BCUT2D eigenvalue weighted by atomic mass is 10.0. The number of carbonyl (C=O) groups is 21. The minimum Gasteiger partial charge on any atom is -0.508 e. The van der Waals surface area contributed by atoms with Crippen molar-refractivity contribution in [1.29, 1.82) is 5.41 Å². The Morgan fingerprint density at radius 1 is 0.551 bits per heavy atom. The SMILES string of the molecule is CC(C)C[C@@H]1NC(=O)CNC(=O)CNC(=O)[C@H](Cc2ccccc2)NC(=O)[C@H](Cc2c[nH]cn2)NC(=O)CNC(=O)[C@H]([C@@H](C)O)NC(=O)[C@@H](NC(=O)[C@H](Cc2ccccc2)NC(=O)[C@H](CCCNC(=N)N)NC(=O)[C@H](CCC(N)=O)NC(=O)CBr)CC(=O)NCCCC[C@@H](C(=O)N[C@@H](CC(N)=O)C(=O)NCC(=O)N2CCC[C@H]2C(N)=O)NC(=O)[C@@H]2CCCN2C(=O)[C@H](Cc2ccc(O)cc2)NC1=O. The quantitative estimate of drug-likeness (QED) is 0.00894. The van der Waals surface area contributed by atoms with Crippen LogP contribution in [0.5, 0.6) is 5.75 Å². The second-order valence-electron chi connectivity index (χ2n) is 33.8. The molecule has 0 radical (unpaired) electrons. The lowest BCUT2D eigenvalue weighted by Crippen LogP contribution is -2.61. The molecule has 750 valence electrons. The fourth-order valence-corrected chi connectivity index (χ4v) is 15.4. The summed E-state index contributed by atoms with van der Waals surface area (Å²) in [4.78, 5) is 305. The van der Waals surface area contributed by atoms with Crippen LogP contribution in [0.25, 0.3) is 0 Å². The number of aliphatic hydroxyl groups excluding tert-OH is 1. The van der Waals surface area contributed by atoms with Crippen molar-refractivity contribution in [1.82, 2.24) is 110 Å². The molecular weight excluding hydrogens is 1870 g/mol. The summed E-state index contributed by atoms with van der Waals surface area (Å²) in [5.74, 6) is -22.1. The summed E-state index contributed by atoms with van der Waals surface area (Å²) < 4.78 is 0. The van der Waals surface area contributed by atoms with Gasteiger partial charge in [-0.15, -0.1) is 0 Å². The number of likely N-dealkylation sites (tertiary alicyclic amines) is 1. The van der Waals surface area contributed by atoms with Crippen molar-refractivity contribution in [3.63, 3.8) is 0 Å². The zero-order chi connectivity index (χ0) is 101. The molecule has 50 heteroatoms. The van der Waals surface area contributed by atoms with E-state index in [9.17, 15) is 91.7 Å². The average Bonchev–Trinajstić information content (AvgIpc) is 1.64. The highest BCUT2D eigenvalue weighted by molar-refractivity contribution is 9.09. The van der Waals surface area contributed by atoms with Gasteiger partial charge in [0.1, 0.15) is 84.3 Å². The van der Waals surface area contributed by atoms with E-state index in [0.717, 1.165) is 16.7 Å². The van der Waals surface area contributed by atoms with Crippen molar-refractivity contribution in [3.05, 3.63) is 120 Å². The summed E-state index contributed by atoms with van der Waals surface area (Å²) in [5.41, 5.74) is 23.5. The van der Waals surface area contributed by atoms with Crippen LogP contribution in [0.2, 0.25) is 0 Å². The van der Waals surface area contributed by atoms with Gasteiger partial charge in [0, 0.05) is 64.5 Å². The first kappa shape index (κ1) is 110. The lowest BCUT2D eigenvalue weighted by molar-refractivity contribution is -0.142. The van der Waals surface area contributed by atoms with Crippen LogP contribution in [0.4, 0.5) is 0 Å². The van der Waals surface area contributed by atoms with Gasteiger partial charge in [-0.25, -0.2) is 4.98 Å². The molecule has 14 atom stereocenters. The topological polar surface area (TPSA) is 767 Å². The predicted molar refractivity (Wildman–Crippen MR) is 494 cm³/mol. The molecule has 138 heavy (non-hydrogen) atoms. The molecule has 4 aromatic rings. The smallest absolute Gasteiger partial charge is 0.246 e. The number of H-pyrrole nitrogens is 1. The normalized spacial score (nSPS) is 21.3. The van der Waals surface area contributed by atoms with Crippen LogP contribution in [0, 0.1) is 11.3 Å². The molecule has 49 nitrogen and oxygen atoms in total. The van der Waals surface area contributed by atoms with Crippen molar-refractivity contribution in [2.75, 3.05) is 57.7 Å². The van der Waals surface area contributed by atoms with E-state index in [0.29, 0.717) is 23.1 Å². The maximum Gasteiger partial charge on any atom is 0.246 e. The molecule has 7 rings (SSSR count). The Morgan fingerprint density at radius 2 is 1.15 bits per heavy atom. The van der Waals surface area contributed by atoms with E-state index in [4.69, 9.17) is 28.3 Å². The molecule has 4 heterocycles. The van der Waals surface area contributed by atoms with Gasteiger partial charge in [-0.1, -0.05) is 103 Å². The fraction of sp³-hybridized carbons (Fsp3) is 0.511. The summed E-state index contributed by atoms with van der Waals surface area (Å²) in [6.45, 7) is 0.714. The molecule has 21 amide bonds. The van der Waals surface area contributed by atoms with Crippen LogP contribution >= 0.6 is 15.9 Å². The van der Waals surface area contributed by atoms with Gasteiger partial charge >= 0.3 is 0 Å². The molecule has 3 fully saturated rings. The number of aromatic nitrogens is 2. The van der Waals surface area contributed by atoms with Crippen LogP contribution in [-0.2, 0) is 126 Å². The summed E-state index contributed by atoms with van der Waals surface area (Å²) >= 11 is 3.01. The highest BCUT2D eigenvalue weighted by Gasteiger charge is 2.43. The van der Waals surface area contributed by atoms with Gasteiger partial charge in [-0.3, -0.25) is 106 Å². The van der Waals surface area contributed by atoms with E-state index in [-0.39, 0.29) is 126 Å². The number of nitrogens with zero attached hydrogens (tertiary/aromatic N) is 3. The van der Waals surface area contributed by atoms with E-state index in [1.165, 1.54) is 36.8 Å². The van der Waals surface area contributed by atoms with Crippen molar-refractivity contribution in [2.24, 2.45) is 28.9 Å². The van der Waals surface area contributed by atoms with Crippen molar-refractivity contribution >= 4 is 146 Å². The number of nitrogens with two attached hydrogens (primary N) is 4. The Bertz CT molecular complexity index is 4960. The standard InChI is InChI=1S/C88H123BrN26O23/c1-47(2)33-57-81(132)112-63(36-51-23-25-53(117)26-24-51)87(138)115-32-14-22-65(115)85(136)107-54(78(129)110-61(38-67(91)119)77(128)101-45-73(125)114-31-13-21-64(114)75(92)126)19-10-11-29-96-68(120)39-62(111-82(133)59(35-50-17-8-5-9-18-50)109-79(130)55(20-12-30-97-88(93)94)106-80(131)56(27-28-66(90)118)103-69(121)40-89)84(135)113-74(48(3)116)86(137)100-44-72(124)105-60(37-52-41-95-46-102-52)83(134)108-58(34-49-15-6-4-7-16-49)76(127)99-42-70(122)98-43-71(123)104-57/h4-9,15-18,23-26,41,46-48,54-65,74,116-117H,10-14,19-22,27-40,42-45H2,1-3H3,(H2,90,118)(H2,91,119)(H2,92,126)(H,95,102)(H,96,120)(H,98,122)(H,99,127)(H,100,137)(H,101,128)(H,103,121)(H,104,123)(H,105,124)(H,106,131)(H,107,136)(H,108,134)(H,109,130)(H,110,129)(H,111,133)(H,112,132)(H,113,135)(H4,93,94,97)/t48-,54+,55+,56+,57+,58+,59+,60+,61+,62+,63+,64+,65+,74+/m1/s1. The molecule has 3 aliphatic rings. The largest absolute Gasteiger partial charge is 0.508 e. The van der Waals surface area contributed by atoms with Crippen LogP contribution in [0.3, 0.4) is 0 Å². The first-order valence-corrected chi connectivity index (χ1v) is 46.1. The van der Waals surface area contributed by atoms with E-state index < -0.39 is 273 Å². The number of aromatic amines is 1. The Morgan fingerprint density at radius 3 is 1.78 bits per heavy atom. The van der Waals surface area contributed by atoms with Gasteiger partial charge in [-0.05, 0) is 112 Å². The Balaban J connectivity index is 1.27. The maximum atomic E-state index is 15.3. The average molecular weight is 1990 g/mol. The van der Waals surface area contributed by atoms with Gasteiger partial charge in [-0.2, -0.15) is 0 Å². The molecule has 3 aliphatic heterocycles. The molecule has 0 bridgehead atoms. The fourth-order valence-electron chi connectivity index (χ4n) is 15.3. The summed E-state index contributed by atoms with van der Waals surface area (Å²) in [6.07, 6.45) is -3.48. The Labute approximate surface area is 801 Å². The van der Waals surface area contributed by atoms with Crippen LogP contribution in [0.15, 0.2) is 97.5 Å². The minimum atomic E-state index is -2.12. The van der Waals surface area contributed by atoms with E-state index in [1.807, 2.05) is 0 Å². The van der Waals surface area contributed by atoms with Crippen LogP contribution in [-0.4, -0.2) is 302 Å². The number of phenols is 1. The lowest BCUT2D eigenvalue weighted by Gasteiger charge is -2.31. The second-order valence-corrected chi connectivity index (χ2v) is 34.3. The van der Waals surface area contributed by atoms with Gasteiger partial charge in [0.05, 0.1) is 62.5 Å². The third-order valence-electron chi connectivity index (χ3n) is 22.3. The maximum absolute atomic E-state index is 15.3. The third-order valence-corrected chi connectivity index (χ3v) is 22.8. The summed E-state index contributed by atoms with van der Waals surface area (Å²) in [7, 11) is 0. The van der Waals surface area contributed by atoms with Crippen LogP contribution < -0.4 is 113 Å². The number of primary amides is 3. The summed E-state index contributed by atoms with van der Waals surface area (Å²) in [6, 6.07) is 0.570. The Hall–Kier alpha value is -14.7. The van der Waals surface area contributed by atoms with E-state index >= 15 is 19.2 Å². The first-order valence-electron chi connectivity index (χ1n) is 44.9. The number of nitrogens with one attached hydrogen (secondary N) is 19. The van der Waals surface area contributed by atoms with Crippen molar-refractivity contribution in [2.45, 2.75) is 221 Å². The number of guanidine groups is 1. The monoisotopic (exact) mass is 1990 g/mol. The first-order chi connectivity index (χ1) is 65.6. The highest BCUT2D eigenvalue weighted by Crippen LogP contribution is 2.24. The number of rotatable bonds is 34. The number of benzene rings is 3. The number of fused-ring (bicyclic) bond motifs is 1. The number of hydrogen-bond donors (Lipinski definition) is 25. The third kappa shape index (κ3) is 37.5. The molecule has 0 aliphatic carbocycles. The number of imidazole rings is 1. The number of amides is 21. The minimum absolute atomic E-state index is 0.000102. The molecule has 0 spiro atoms. The summed E-state index contributed by atoms with van der Waals surface area (Å²) in [5, 5.41) is 71.3. The van der Waals surface area contributed by atoms with Gasteiger partial charge in [0.15, 0.2) is 5.96 Å². The van der Waals surface area contributed by atoms with Crippen molar-refractivity contribution in [3.8, 4) is 5.75 Å². The molecule has 0 unspecified atom stereocenters. The molecule has 3 saturated heterocycles. The van der Waals surface area contributed by atoms with Crippen molar-refractivity contribution < 1.29 is 111 Å². The molecule has 3 aromatic carbocycles. The van der Waals surface area contributed by atoms with E-state index in [2.05, 4.69) is 116 Å². The molecular formula is C88H123BrN26O23. The highest BCUT2D eigenvalue weighted by atomic mass is 79.9. The second kappa shape index (κ2) is 55.9. The number of carbonyl (C=O) groups excluding carboxylic acids is 21. The number of hydrogen-bond acceptors (Lipinski definition) is 25. The zero-order valence-electron chi connectivity index (χ0n) is 76.5. The van der Waals surface area contributed by atoms with Gasteiger partial charge in [0.25, 0.3) is 0 Å². The zero-order valence-corrected chi connectivity index (χ0v) is 78.1. The number of aliphatic hydroxyl groups is 1. The number of halogens is 1. The number of alkyl halides is 1. The van der Waals surface area contributed by atoms with Gasteiger partial charge in [0.2, 0.25) is 124 Å². The number of phenolic OH excluding ortho intramolecular Hbond substituents is 1. The number of aromatic hydroxyl groups is 1.